The molecule has 0 amide bonds. The van der Waals surface area contributed by atoms with Crippen LogP contribution in [0.25, 0.3) is 0 Å². The molecule has 0 spiro atoms. The molecule has 0 aliphatic rings. The molecule has 0 saturated carbocycles. The van der Waals surface area contributed by atoms with Gasteiger partial charge in [0.05, 0.1) is 17.1 Å². The van der Waals surface area contributed by atoms with Gasteiger partial charge in [0.15, 0.2) is 0 Å². The highest BCUT2D eigenvalue weighted by Gasteiger charge is 2.17. The summed E-state index contributed by atoms with van der Waals surface area (Å²) in [5.74, 6) is 0. The molecule has 1 aromatic rings. The van der Waals surface area contributed by atoms with Crippen LogP contribution in [0.2, 0.25) is 0 Å². The average molecular weight is 246 g/mol. The van der Waals surface area contributed by atoms with Crippen molar-refractivity contribution in [2.45, 2.75) is 13.5 Å². The van der Waals surface area contributed by atoms with Crippen LogP contribution in [0.15, 0.2) is 18.2 Å². The van der Waals surface area contributed by atoms with Gasteiger partial charge in [-0.1, -0.05) is 12.1 Å². The number of hydrogen-bond acceptors (Lipinski definition) is 5. The third-order valence-electron chi connectivity index (χ3n) is 1.95. The van der Waals surface area contributed by atoms with Gasteiger partial charge in [0.25, 0.3) is 5.69 Å². The molecule has 0 atom stereocenters. The van der Waals surface area contributed by atoms with Crippen molar-refractivity contribution < 1.29 is 17.5 Å². The molecule has 0 fully saturated rings. The number of nitro groups is 1. The molecule has 0 unspecified atom stereocenters. The van der Waals surface area contributed by atoms with Gasteiger partial charge in [-0.3, -0.25) is 14.3 Å². The first-order chi connectivity index (χ1) is 7.31. The summed E-state index contributed by atoms with van der Waals surface area (Å²) in [6.45, 7) is 1.18. The maximum absolute atomic E-state index is 10.7. The Morgan fingerprint density at radius 2 is 2.12 bits per heavy atom. The highest BCUT2D eigenvalue weighted by molar-refractivity contribution is 7.84. The van der Waals surface area contributed by atoms with Crippen molar-refractivity contribution in [2.75, 3.05) is 0 Å². The first kappa shape index (κ1) is 12.6. The molecule has 7 nitrogen and oxygen atoms in total. The summed E-state index contributed by atoms with van der Waals surface area (Å²) >= 11 is 0. The molecule has 88 valence electrons. The van der Waals surface area contributed by atoms with Gasteiger partial charge in [0, 0.05) is 6.07 Å². The minimum atomic E-state index is -4.10. The van der Waals surface area contributed by atoms with E-state index in [2.05, 4.69) is 9.32 Å². The summed E-state index contributed by atoms with van der Waals surface area (Å²) in [6.07, 6.45) is 0. The van der Waals surface area contributed by atoms with E-state index >= 15 is 0 Å². The maximum atomic E-state index is 10.7. The van der Waals surface area contributed by atoms with Crippen LogP contribution in [0.1, 0.15) is 11.1 Å². The Kier molecular flexibility index (Phi) is 3.58. The number of nitro benzene ring substituents is 1. The van der Waals surface area contributed by atoms with Gasteiger partial charge >= 0.3 is 10.3 Å². The molecule has 0 aliphatic heterocycles. The van der Waals surface area contributed by atoms with E-state index in [1.807, 2.05) is 0 Å². The zero-order valence-corrected chi connectivity index (χ0v) is 9.23. The van der Waals surface area contributed by atoms with Crippen LogP contribution >= 0.6 is 0 Å². The Morgan fingerprint density at radius 1 is 1.50 bits per heavy atom. The van der Waals surface area contributed by atoms with E-state index in [4.69, 9.17) is 0 Å². The average Bonchev–Trinajstić information content (AvgIpc) is 2.13. The quantitative estimate of drug-likeness (QED) is 0.618. The monoisotopic (exact) mass is 246 g/mol. The molecule has 2 N–H and O–H groups in total. The van der Waals surface area contributed by atoms with Crippen LogP contribution in [0.5, 0.6) is 0 Å². The van der Waals surface area contributed by atoms with Crippen molar-refractivity contribution in [3.05, 3.63) is 39.4 Å². The zero-order chi connectivity index (χ0) is 12.3. The fourth-order valence-electron chi connectivity index (χ4n) is 1.19. The number of hydrogen-bond donors (Lipinski definition) is 1. The molecule has 8 heteroatoms. The van der Waals surface area contributed by atoms with Gasteiger partial charge in [-0.2, -0.15) is 8.42 Å². The number of nitrogens with zero attached hydrogens (tertiary/aromatic N) is 1. The molecule has 0 heterocycles. The molecule has 0 bridgehead atoms. The van der Waals surface area contributed by atoms with Crippen molar-refractivity contribution in [1.29, 1.82) is 0 Å². The van der Waals surface area contributed by atoms with E-state index in [1.54, 1.807) is 13.0 Å². The Labute approximate surface area is 92.2 Å². The third-order valence-corrected chi connectivity index (χ3v) is 2.40. The zero-order valence-electron chi connectivity index (χ0n) is 8.41. The van der Waals surface area contributed by atoms with E-state index in [0.29, 0.717) is 5.56 Å². The summed E-state index contributed by atoms with van der Waals surface area (Å²) in [7, 11) is -4.10. The summed E-state index contributed by atoms with van der Waals surface area (Å²) in [5.41, 5.74) is 0.572. The molecule has 0 saturated heterocycles. The lowest BCUT2D eigenvalue weighted by molar-refractivity contribution is -0.385. The van der Waals surface area contributed by atoms with Crippen molar-refractivity contribution in [1.82, 2.24) is 0 Å². The molecule has 0 aromatic heterocycles. The lowest BCUT2D eigenvalue weighted by Crippen LogP contribution is -2.16. The Hall–Kier alpha value is -1.51. The molecular formula is C8H10N2O5S. The largest absolute Gasteiger partial charge is 0.333 e. The molecule has 1 rings (SSSR count). The van der Waals surface area contributed by atoms with E-state index in [0.717, 1.165) is 0 Å². The second kappa shape index (κ2) is 4.56. The minimum absolute atomic E-state index is 0.191. The molecule has 1 aromatic carbocycles. The van der Waals surface area contributed by atoms with Gasteiger partial charge in [-0.25, -0.2) is 5.14 Å². The van der Waals surface area contributed by atoms with Crippen molar-refractivity contribution in [2.24, 2.45) is 5.14 Å². The number of benzene rings is 1. The normalized spacial score (nSPS) is 11.4. The van der Waals surface area contributed by atoms with Gasteiger partial charge in [0.1, 0.15) is 0 Å². The smallest absolute Gasteiger partial charge is 0.258 e. The number of nitrogens with two attached hydrogens (primary N) is 1. The van der Waals surface area contributed by atoms with E-state index in [-0.39, 0.29) is 11.3 Å². The summed E-state index contributed by atoms with van der Waals surface area (Å²) in [5, 5.41) is 15.3. The van der Waals surface area contributed by atoms with E-state index < -0.39 is 21.8 Å². The Morgan fingerprint density at radius 3 is 2.62 bits per heavy atom. The topological polar surface area (TPSA) is 113 Å². The maximum Gasteiger partial charge on any atom is 0.333 e. The van der Waals surface area contributed by atoms with Gasteiger partial charge < -0.3 is 0 Å². The molecule has 0 radical (unpaired) electrons. The molecule has 16 heavy (non-hydrogen) atoms. The lowest BCUT2D eigenvalue weighted by atomic mass is 10.1. The first-order valence-corrected chi connectivity index (χ1v) is 5.68. The summed E-state index contributed by atoms with van der Waals surface area (Å²) in [6, 6.07) is 4.40. The third kappa shape index (κ3) is 3.26. The van der Waals surface area contributed by atoms with Crippen LogP contribution in [0.4, 0.5) is 5.69 Å². The fourth-order valence-corrected chi connectivity index (χ4v) is 1.47. The highest BCUT2D eigenvalue weighted by atomic mass is 32.2. The summed E-state index contributed by atoms with van der Waals surface area (Å²) < 4.78 is 25.5. The fraction of sp³-hybridized carbons (Fsp3) is 0.250. The second-order valence-electron chi connectivity index (χ2n) is 3.08. The Bertz CT molecular complexity index is 511. The van der Waals surface area contributed by atoms with E-state index in [9.17, 15) is 18.5 Å². The Balaban J connectivity index is 3.07. The predicted octanol–water partition coefficient (Wildman–Crippen LogP) is 0.623. The lowest BCUT2D eigenvalue weighted by Gasteiger charge is -2.05. The number of aryl methyl sites for hydroxylation is 1. The highest BCUT2D eigenvalue weighted by Crippen LogP contribution is 2.22. The first-order valence-electron chi connectivity index (χ1n) is 4.21. The SMILES string of the molecule is Cc1cccc([N+](=O)[O-])c1COS(N)(=O)=O. The van der Waals surface area contributed by atoms with Crippen molar-refractivity contribution >= 4 is 16.0 Å². The summed E-state index contributed by atoms with van der Waals surface area (Å²) in [4.78, 5) is 10.1. The molecule has 0 aliphatic carbocycles. The van der Waals surface area contributed by atoms with Crippen LogP contribution in [0, 0.1) is 17.0 Å². The second-order valence-corrected chi connectivity index (χ2v) is 4.31. The van der Waals surface area contributed by atoms with Crippen LogP contribution in [0.3, 0.4) is 0 Å². The standard InChI is InChI=1S/C8H10N2O5S/c1-6-3-2-4-8(10(11)12)7(6)5-15-16(9,13)14/h2-4H,5H2,1H3,(H2,9,13,14). The van der Waals surface area contributed by atoms with Crippen molar-refractivity contribution in [3.63, 3.8) is 0 Å². The van der Waals surface area contributed by atoms with Crippen LogP contribution in [-0.2, 0) is 21.1 Å². The van der Waals surface area contributed by atoms with Gasteiger partial charge in [-0.15, -0.1) is 0 Å². The van der Waals surface area contributed by atoms with E-state index in [1.165, 1.54) is 12.1 Å². The predicted molar refractivity (Wildman–Crippen MR) is 55.7 cm³/mol. The van der Waals surface area contributed by atoms with Gasteiger partial charge in [-0.05, 0) is 12.5 Å². The number of rotatable bonds is 4. The van der Waals surface area contributed by atoms with Crippen molar-refractivity contribution in [3.8, 4) is 0 Å². The van der Waals surface area contributed by atoms with Crippen LogP contribution in [-0.4, -0.2) is 13.3 Å². The minimum Gasteiger partial charge on any atom is -0.258 e. The van der Waals surface area contributed by atoms with Gasteiger partial charge in [0.2, 0.25) is 0 Å². The molecular weight excluding hydrogens is 236 g/mol. The van der Waals surface area contributed by atoms with Crippen LogP contribution < -0.4 is 5.14 Å².